The summed E-state index contributed by atoms with van der Waals surface area (Å²) in [5, 5.41) is 0. The Morgan fingerprint density at radius 3 is 2.67 bits per heavy atom. The molecule has 0 spiro atoms. The Morgan fingerprint density at radius 1 is 1.19 bits per heavy atom. The summed E-state index contributed by atoms with van der Waals surface area (Å²) in [6, 6.07) is 10.9. The van der Waals surface area contributed by atoms with Gasteiger partial charge in [-0.1, -0.05) is 29.8 Å². The van der Waals surface area contributed by atoms with Crippen LogP contribution in [0.25, 0.3) is 11.0 Å². The summed E-state index contributed by atoms with van der Waals surface area (Å²) in [6.45, 7) is 4.30. The molecule has 108 valence electrons. The van der Waals surface area contributed by atoms with E-state index in [1.165, 1.54) is 11.1 Å². The fourth-order valence-electron chi connectivity index (χ4n) is 2.69. The number of halogens is 1. The van der Waals surface area contributed by atoms with Crippen LogP contribution in [0, 0.1) is 6.92 Å². The summed E-state index contributed by atoms with van der Waals surface area (Å²) in [4.78, 5) is 8.84. The fraction of sp³-hybridized carbons (Fsp3) is 0.294. The van der Waals surface area contributed by atoms with Gasteiger partial charge in [0.05, 0.1) is 17.8 Å². The molecule has 3 aromatic rings. The van der Waals surface area contributed by atoms with E-state index in [0.717, 1.165) is 23.3 Å². The van der Waals surface area contributed by atoms with Gasteiger partial charge in [0.25, 0.3) is 0 Å². The number of nitrogens with zero attached hydrogens (tertiary/aromatic N) is 3. The summed E-state index contributed by atoms with van der Waals surface area (Å²) in [5.41, 5.74) is 4.58. The van der Waals surface area contributed by atoms with Crippen LogP contribution in [0.1, 0.15) is 29.9 Å². The molecule has 0 radical (unpaired) electrons. The first-order valence-electron chi connectivity index (χ1n) is 7.14. The average Bonchev–Trinajstić information content (AvgIpc) is 2.85. The van der Waals surface area contributed by atoms with Crippen LogP contribution in [0.2, 0.25) is 0 Å². The second-order valence-corrected chi connectivity index (χ2v) is 5.67. The van der Waals surface area contributed by atoms with Crippen molar-refractivity contribution in [2.24, 2.45) is 0 Å². The van der Waals surface area contributed by atoms with Crippen molar-refractivity contribution in [2.75, 3.05) is 5.88 Å². The zero-order chi connectivity index (χ0) is 14.8. The Morgan fingerprint density at radius 2 is 1.95 bits per heavy atom. The van der Waals surface area contributed by atoms with E-state index in [1.807, 2.05) is 18.5 Å². The smallest absolute Gasteiger partial charge is 0.111 e. The molecular formula is C17H18ClN3. The van der Waals surface area contributed by atoms with Gasteiger partial charge in [-0.3, -0.25) is 4.98 Å². The molecule has 4 heteroatoms. The van der Waals surface area contributed by atoms with Crippen molar-refractivity contribution in [2.45, 2.75) is 26.3 Å². The minimum Gasteiger partial charge on any atom is -0.321 e. The molecule has 21 heavy (non-hydrogen) atoms. The molecule has 0 fully saturated rings. The Labute approximate surface area is 129 Å². The van der Waals surface area contributed by atoms with Crippen LogP contribution in [0.3, 0.4) is 0 Å². The number of aromatic nitrogens is 3. The van der Waals surface area contributed by atoms with E-state index in [0.29, 0.717) is 5.88 Å². The van der Waals surface area contributed by atoms with Crippen LogP contribution in [-0.2, 0) is 6.42 Å². The number of alkyl halides is 1. The lowest BCUT2D eigenvalue weighted by atomic mass is 10.1. The zero-order valence-corrected chi connectivity index (χ0v) is 13.0. The van der Waals surface area contributed by atoms with Crippen LogP contribution in [0.5, 0.6) is 0 Å². The molecule has 2 aromatic heterocycles. The molecule has 1 unspecified atom stereocenters. The van der Waals surface area contributed by atoms with Gasteiger partial charge >= 0.3 is 0 Å². The third kappa shape index (κ3) is 2.66. The van der Waals surface area contributed by atoms with Crippen LogP contribution < -0.4 is 0 Å². The SMILES string of the molecule is Cc1ccc(C(C)n2c(CCCl)nc3cnccc32)cc1. The van der Waals surface area contributed by atoms with E-state index in [9.17, 15) is 0 Å². The summed E-state index contributed by atoms with van der Waals surface area (Å²) >= 11 is 5.94. The molecule has 0 aliphatic rings. The second-order valence-electron chi connectivity index (χ2n) is 5.29. The van der Waals surface area contributed by atoms with Gasteiger partial charge in [0.1, 0.15) is 11.3 Å². The van der Waals surface area contributed by atoms with Crippen molar-refractivity contribution in [1.29, 1.82) is 0 Å². The van der Waals surface area contributed by atoms with Crippen LogP contribution in [-0.4, -0.2) is 20.4 Å². The van der Waals surface area contributed by atoms with E-state index < -0.39 is 0 Å². The van der Waals surface area contributed by atoms with E-state index in [2.05, 4.69) is 52.6 Å². The van der Waals surface area contributed by atoms with Gasteiger partial charge < -0.3 is 4.57 Å². The van der Waals surface area contributed by atoms with Crippen molar-refractivity contribution in [3.8, 4) is 0 Å². The molecule has 0 aliphatic heterocycles. The number of aryl methyl sites for hydroxylation is 2. The van der Waals surface area contributed by atoms with E-state index in [1.54, 1.807) is 0 Å². The molecule has 3 rings (SSSR count). The predicted octanol–water partition coefficient (Wildman–Crippen LogP) is 4.13. The molecule has 0 bridgehead atoms. The highest BCUT2D eigenvalue weighted by Crippen LogP contribution is 2.26. The summed E-state index contributed by atoms with van der Waals surface area (Å²) < 4.78 is 2.27. The van der Waals surface area contributed by atoms with Crippen molar-refractivity contribution >= 4 is 22.6 Å². The van der Waals surface area contributed by atoms with Crippen molar-refractivity contribution in [3.63, 3.8) is 0 Å². The standard InChI is InChI=1S/C17H18ClN3/c1-12-3-5-14(6-4-12)13(2)21-16-8-10-19-11-15(16)20-17(21)7-9-18/h3-6,8,10-11,13H,7,9H2,1-2H3. The maximum absolute atomic E-state index is 5.94. The first-order chi connectivity index (χ1) is 10.2. The number of benzene rings is 1. The molecule has 1 aromatic carbocycles. The molecule has 1 atom stereocenters. The summed E-state index contributed by atoms with van der Waals surface area (Å²) in [5.74, 6) is 1.58. The number of rotatable bonds is 4. The largest absolute Gasteiger partial charge is 0.321 e. The van der Waals surface area contributed by atoms with Gasteiger partial charge in [0.2, 0.25) is 0 Å². The average molecular weight is 300 g/mol. The fourth-order valence-corrected chi connectivity index (χ4v) is 2.86. The molecule has 0 N–H and O–H groups in total. The molecule has 2 heterocycles. The van der Waals surface area contributed by atoms with Crippen molar-refractivity contribution in [3.05, 3.63) is 59.7 Å². The number of pyridine rings is 1. The van der Waals surface area contributed by atoms with Gasteiger partial charge in [0, 0.05) is 18.5 Å². The topological polar surface area (TPSA) is 30.7 Å². The Hall–Kier alpha value is -1.87. The quantitative estimate of drug-likeness (QED) is 0.678. The number of hydrogen-bond acceptors (Lipinski definition) is 2. The maximum Gasteiger partial charge on any atom is 0.111 e. The highest BCUT2D eigenvalue weighted by Gasteiger charge is 2.16. The van der Waals surface area contributed by atoms with Gasteiger partial charge in [-0.05, 0) is 25.5 Å². The Balaban J connectivity index is 2.13. The normalized spacial score (nSPS) is 12.7. The van der Waals surface area contributed by atoms with Gasteiger partial charge in [-0.25, -0.2) is 4.98 Å². The predicted molar refractivity (Wildman–Crippen MR) is 86.9 cm³/mol. The second kappa shape index (κ2) is 5.86. The van der Waals surface area contributed by atoms with Crippen LogP contribution in [0.4, 0.5) is 0 Å². The Kier molecular flexibility index (Phi) is 3.93. The van der Waals surface area contributed by atoms with E-state index >= 15 is 0 Å². The molecule has 0 aliphatic carbocycles. The first-order valence-corrected chi connectivity index (χ1v) is 7.67. The highest BCUT2D eigenvalue weighted by atomic mass is 35.5. The van der Waals surface area contributed by atoms with Gasteiger partial charge in [-0.2, -0.15) is 0 Å². The zero-order valence-electron chi connectivity index (χ0n) is 12.3. The minimum absolute atomic E-state index is 0.219. The summed E-state index contributed by atoms with van der Waals surface area (Å²) in [6.07, 6.45) is 4.38. The van der Waals surface area contributed by atoms with E-state index in [-0.39, 0.29) is 6.04 Å². The van der Waals surface area contributed by atoms with E-state index in [4.69, 9.17) is 11.6 Å². The highest BCUT2D eigenvalue weighted by molar-refractivity contribution is 6.17. The number of hydrogen-bond donors (Lipinski definition) is 0. The summed E-state index contributed by atoms with van der Waals surface area (Å²) in [7, 11) is 0. The third-order valence-electron chi connectivity index (χ3n) is 3.83. The molecular weight excluding hydrogens is 282 g/mol. The molecule has 0 saturated heterocycles. The molecule has 0 saturated carbocycles. The Bertz CT molecular complexity index is 746. The lowest BCUT2D eigenvalue weighted by Gasteiger charge is -2.18. The third-order valence-corrected chi connectivity index (χ3v) is 4.02. The van der Waals surface area contributed by atoms with Gasteiger partial charge in [-0.15, -0.1) is 11.6 Å². The first kappa shape index (κ1) is 14.1. The monoisotopic (exact) mass is 299 g/mol. The van der Waals surface area contributed by atoms with Crippen molar-refractivity contribution in [1.82, 2.24) is 14.5 Å². The van der Waals surface area contributed by atoms with Gasteiger partial charge in [0.15, 0.2) is 0 Å². The molecule has 3 nitrogen and oxygen atoms in total. The minimum atomic E-state index is 0.219. The molecule has 0 amide bonds. The lowest BCUT2D eigenvalue weighted by molar-refractivity contribution is 0.623. The maximum atomic E-state index is 5.94. The number of fused-ring (bicyclic) bond motifs is 1. The van der Waals surface area contributed by atoms with Crippen LogP contribution >= 0.6 is 11.6 Å². The lowest BCUT2D eigenvalue weighted by Crippen LogP contribution is -2.11. The van der Waals surface area contributed by atoms with Crippen LogP contribution in [0.15, 0.2) is 42.7 Å². The van der Waals surface area contributed by atoms with Crippen molar-refractivity contribution < 1.29 is 0 Å². The number of imidazole rings is 1.